The third-order valence-corrected chi connectivity index (χ3v) is 6.10. The summed E-state index contributed by atoms with van der Waals surface area (Å²) in [6.45, 7) is 6.56. The second-order valence-corrected chi connectivity index (χ2v) is 8.14. The Morgan fingerprint density at radius 3 is 2.36 bits per heavy atom. The van der Waals surface area contributed by atoms with Crippen LogP contribution in [0.3, 0.4) is 0 Å². The molecule has 0 saturated heterocycles. The molecule has 3 rings (SSSR count). The van der Waals surface area contributed by atoms with Crippen molar-refractivity contribution in [3.63, 3.8) is 0 Å². The van der Waals surface area contributed by atoms with Crippen molar-refractivity contribution in [1.82, 2.24) is 4.31 Å². The summed E-state index contributed by atoms with van der Waals surface area (Å²) >= 11 is 0. The van der Waals surface area contributed by atoms with Gasteiger partial charge in [0.2, 0.25) is 0 Å². The van der Waals surface area contributed by atoms with Gasteiger partial charge in [-0.15, -0.1) is 6.58 Å². The quantitative estimate of drug-likeness (QED) is 0.571. The maximum Gasteiger partial charge on any atom is 0.343 e. The van der Waals surface area contributed by atoms with Crippen LogP contribution in [0.15, 0.2) is 71.8 Å². The standard InChI is InChI=1S/C21H19NO5S/c1-4-13-22-19(15(3)23)20(17-7-5-6-8-18(17)28(22,25)26)27-21(24)16-11-9-14(2)10-12-16/h4-12H,1,13H2,2-3H3. The van der Waals surface area contributed by atoms with Crippen LogP contribution in [0.1, 0.15) is 28.4 Å². The highest BCUT2D eigenvalue weighted by Crippen LogP contribution is 2.38. The molecule has 2 aromatic rings. The minimum absolute atomic E-state index is 0.0337. The zero-order valence-electron chi connectivity index (χ0n) is 15.5. The highest BCUT2D eigenvalue weighted by molar-refractivity contribution is 7.89. The van der Waals surface area contributed by atoms with Gasteiger partial charge in [-0.2, -0.15) is 0 Å². The topological polar surface area (TPSA) is 80.8 Å². The van der Waals surface area contributed by atoms with Gasteiger partial charge in [0.1, 0.15) is 5.70 Å². The van der Waals surface area contributed by atoms with Gasteiger partial charge in [0.25, 0.3) is 10.0 Å². The molecule has 1 heterocycles. The molecule has 2 aromatic carbocycles. The zero-order valence-corrected chi connectivity index (χ0v) is 16.3. The molecule has 1 aliphatic rings. The average Bonchev–Trinajstić information content (AvgIpc) is 2.66. The van der Waals surface area contributed by atoms with Crippen LogP contribution in [-0.2, 0) is 19.6 Å². The molecular weight excluding hydrogens is 378 g/mol. The van der Waals surface area contributed by atoms with E-state index in [1.807, 2.05) is 6.92 Å². The van der Waals surface area contributed by atoms with E-state index in [9.17, 15) is 18.0 Å². The van der Waals surface area contributed by atoms with E-state index in [2.05, 4.69) is 6.58 Å². The second-order valence-electron chi connectivity index (χ2n) is 6.31. The third-order valence-electron chi connectivity index (χ3n) is 4.27. The smallest absolute Gasteiger partial charge is 0.343 e. The van der Waals surface area contributed by atoms with E-state index in [-0.39, 0.29) is 28.5 Å². The number of rotatable bonds is 5. The van der Waals surface area contributed by atoms with Crippen molar-refractivity contribution >= 4 is 27.5 Å². The maximum atomic E-state index is 13.0. The summed E-state index contributed by atoms with van der Waals surface area (Å²) in [5.41, 5.74) is 1.25. The summed E-state index contributed by atoms with van der Waals surface area (Å²) < 4.78 is 32.5. The van der Waals surface area contributed by atoms with Crippen molar-refractivity contribution < 1.29 is 22.7 Å². The van der Waals surface area contributed by atoms with Crippen molar-refractivity contribution in [3.05, 3.63) is 83.6 Å². The fourth-order valence-electron chi connectivity index (χ4n) is 2.95. The molecule has 28 heavy (non-hydrogen) atoms. The summed E-state index contributed by atoms with van der Waals surface area (Å²) in [5.74, 6) is -1.29. The van der Waals surface area contributed by atoms with E-state index < -0.39 is 21.8 Å². The maximum absolute atomic E-state index is 13.0. The molecule has 0 fully saturated rings. The predicted molar refractivity (Wildman–Crippen MR) is 105 cm³/mol. The molecule has 0 unspecified atom stereocenters. The number of Topliss-reactive ketones (excluding diaryl/α,β-unsaturated/α-hetero) is 1. The van der Waals surface area contributed by atoms with Crippen LogP contribution in [0, 0.1) is 6.92 Å². The summed E-state index contributed by atoms with van der Waals surface area (Å²) in [4.78, 5) is 25.0. The monoisotopic (exact) mass is 397 g/mol. The van der Waals surface area contributed by atoms with Crippen LogP contribution in [0.25, 0.3) is 5.76 Å². The van der Waals surface area contributed by atoms with Crippen molar-refractivity contribution in [2.24, 2.45) is 0 Å². The van der Waals surface area contributed by atoms with Crippen LogP contribution < -0.4 is 0 Å². The Morgan fingerprint density at radius 2 is 1.75 bits per heavy atom. The number of carbonyl (C=O) groups is 2. The van der Waals surface area contributed by atoms with Gasteiger partial charge in [-0.05, 0) is 31.2 Å². The van der Waals surface area contributed by atoms with Crippen molar-refractivity contribution in [1.29, 1.82) is 0 Å². The SMILES string of the molecule is C=CCN1C(C(C)=O)=C(OC(=O)c2ccc(C)cc2)c2ccccc2S1(=O)=O. The van der Waals surface area contributed by atoms with Crippen molar-refractivity contribution in [2.75, 3.05) is 6.54 Å². The Hall–Kier alpha value is -3.19. The van der Waals surface area contributed by atoms with E-state index in [4.69, 9.17) is 4.74 Å². The first kappa shape index (κ1) is 19.6. The van der Waals surface area contributed by atoms with Crippen LogP contribution in [0.4, 0.5) is 0 Å². The number of fused-ring (bicyclic) bond motifs is 1. The van der Waals surface area contributed by atoms with E-state index in [1.54, 1.807) is 36.4 Å². The molecule has 7 heteroatoms. The molecule has 6 nitrogen and oxygen atoms in total. The summed E-state index contributed by atoms with van der Waals surface area (Å²) in [7, 11) is -3.99. The number of carbonyl (C=O) groups excluding carboxylic acids is 2. The Labute approximate surface area is 163 Å². The van der Waals surface area contributed by atoms with Crippen LogP contribution >= 0.6 is 0 Å². The van der Waals surface area contributed by atoms with Gasteiger partial charge in [0.15, 0.2) is 11.5 Å². The molecule has 0 N–H and O–H groups in total. The number of nitrogens with zero attached hydrogens (tertiary/aromatic N) is 1. The van der Waals surface area contributed by atoms with E-state index >= 15 is 0 Å². The lowest BCUT2D eigenvalue weighted by Crippen LogP contribution is -2.38. The molecule has 1 aliphatic heterocycles. The van der Waals surface area contributed by atoms with Gasteiger partial charge in [-0.25, -0.2) is 13.2 Å². The van der Waals surface area contributed by atoms with Gasteiger partial charge < -0.3 is 4.74 Å². The molecule has 0 spiro atoms. The predicted octanol–water partition coefficient (Wildman–Crippen LogP) is 3.30. The van der Waals surface area contributed by atoms with Crippen LogP contribution in [0.2, 0.25) is 0 Å². The highest BCUT2D eigenvalue weighted by atomic mass is 32.2. The Morgan fingerprint density at radius 1 is 1.11 bits per heavy atom. The van der Waals surface area contributed by atoms with Crippen LogP contribution in [-0.4, -0.2) is 31.0 Å². The van der Waals surface area contributed by atoms with E-state index in [1.165, 1.54) is 25.1 Å². The lowest BCUT2D eigenvalue weighted by atomic mass is 10.1. The fraction of sp³-hybridized carbons (Fsp3) is 0.143. The molecular formula is C21H19NO5S. The van der Waals surface area contributed by atoms with Gasteiger partial charge >= 0.3 is 5.97 Å². The lowest BCUT2D eigenvalue weighted by Gasteiger charge is -2.31. The summed E-state index contributed by atoms with van der Waals surface area (Å²) in [6, 6.07) is 12.9. The van der Waals surface area contributed by atoms with Crippen molar-refractivity contribution in [3.8, 4) is 0 Å². The largest absolute Gasteiger partial charge is 0.420 e. The number of aryl methyl sites for hydroxylation is 1. The molecule has 0 aromatic heterocycles. The number of hydrogen-bond acceptors (Lipinski definition) is 5. The molecule has 0 saturated carbocycles. The van der Waals surface area contributed by atoms with E-state index in [0.29, 0.717) is 5.56 Å². The molecule has 0 bridgehead atoms. The van der Waals surface area contributed by atoms with Gasteiger partial charge in [-0.3, -0.25) is 9.10 Å². The molecule has 0 aliphatic carbocycles. The summed E-state index contributed by atoms with van der Waals surface area (Å²) in [6.07, 6.45) is 1.37. The van der Waals surface area contributed by atoms with Gasteiger partial charge in [0.05, 0.1) is 17.0 Å². The number of ketones is 1. The molecule has 0 atom stereocenters. The fourth-order valence-corrected chi connectivity index (χ4v) is 4.63. The molecule has 0 radical (unpaired) electrons. The highest BCUT2D eigenvalue weighted by Gasteiger charge is 2.39. The van der Waals surface area contributed by atoms with Crippen molar-refractivity contribution in [2.45, 2.75) is 18.7 Å². The number of sulfonamides is 1. The number of hydrogen-bond donors (Lipinski definition) is 0. The van der Waals surface area contributed by atoms with E-state index in [0.717, 1.165) is 9.87 Å². The summed E-state index contributed by atoms with van der Waals surface area (Å²) in [5, 5.41) is 0. The molecule has 0 amide bonds. The third kappa shape index (κ3) is 3.36. The van der Waals surface area contributed by atoms with Gasteiger partial charge in [-0.1, -0.05) is 35.9 Å². The Balaban J connectivity index is 2.20. The average molecular weight is 397 g/mol. The zero-order chi connectivity index (χ0) is 20.5. The Bertz CT molecular complexity index is 1100. The minimum Gasteiger partial charge on any atom is -0.420 e. The normalized spacial score (nSPS) is 15.0. The Kier molecular flexibility index (Phi) is 5.20. The first-order valence-electron chi connectivity index (χ1n) is 8.54. The second kappa shape index (κ2) is 7.44. The van der Waals surface area contributed by atoms with Crippen LogP contribution in [0.5, 0.6) is 0 Å². The lowest BCUT2D eigenvalue weighted by molar-refractivity contribution is -0.114. The number of ether oxygens (including phenoxy) is 1. The minimum atomic E-state index is -3.99. The number of esters is 1. The number of allylic oxidation sites excluding steroid dienone is 1. The molecule has 144 valence electrons. The first-order chi connectivity index (χ1) is 13.3. The number of benzene rings is 2. The first-order valence-corrected chi connectivity index (χ1v) is 9.98. The van der Waals surface area contributed by atoms with Gasteiger partial charge in [0, 0.05) is 12.5 Å².